The third-order valence-corrected chi connectivity index (χ3v) is 11.8. The molecule has 3 aliphatic heterocycles. The van der Waals surface area contributed by atoms with Crippen molar-refractivity contribution in [3.05, 3.63) is 90.0 Å². The summed E-state index contributed by atoms with van der Waals surface area (Å²) < 4.78 is 33.3. The number of carbonyl (C=O) groups is 1. The van der Waals surface area contributed by atoms with E-state index in [1.807, 2.05) is 74.5 Å². The summed E-state index contributed by atoms with van der Waals surface area (Å²) in [6.07, 6.45) is -0.124. The molecule has 13 unspecified atom stereocenters. The Bertz CT molecular complexity index is 1560. The second-order valence-corrected chi connectivity index (χ2v) is 14.1. The van der Waals surface area contributed by atoms with Gasteiger partial charge < -0.3 is 39.0 Å². The Hall–Kier alpha value is -2.89. The lowest BCUT2D eigenvalue weighted by Crippen LogP contribution is -2.72. The normalized spacial score (nSPS) is 48.8. The molecule has 45 heavy (non-hydrogen) atoms. The highest BCUT2D eigenvalue weighted by Gasteiger charge is 2.89. The van der Waals surface area contributed by atoms with Gasteiger partial charge in [-0.2, -0.15) is 0 Å². The van der Waals surface area contributed by atoms with Crippen LogP contribution in [0.25, 0.3) is 6.08 Å². The Morgan fingerprint density at radius 1 is 1.04 bits per heavy atom. The van der Waals surface area contributed by atoms with Crippen molar-refractivity contribution in [3.63, 3.8) is 0 Å². The van der Waals surface area contributed by atoms with Gasteiger partial charge in [-0.15, -0.1) is 0 Å². The zero-order valence-corrected chi connectivity index (χ0v) is 25.7. The van der Waals surface area contributed by atoms with Crippen LogP contribution in [-0.4, -0.2) is 74.7 Å². The van der Waals surface area contributed by atoms with Gasteiger partial charge in [0.05, 0.1) is 12.2 Å². The molecule has 3 saturated carbocycles. The minimum Gasteiger partial charge on any atom is -0.456 e. The van der Waals surface area contributed by atoms with Gasteiger partial charge >= 0.3 is 11.9 Å². The molecule has 13 atom stereocenters. The van der Waals surface area contributed by atoms with Gasteiger partial charge in [0.1, 0.15) is 41.2 Å². The van der Waals surface area contributed by atoms with E-state index in [9.17, 15) is 20.1 Å². The van der Waals surface area contributed by atoms with E-state index in [0.717, 1.165) is 11.1 Å². The molecule has 2 aromatic carbocycles. The summed E-state index contributed by atoms with van der Waals surface area (Å²) in [7, 11) is 0. The van der Waals surface area contributed by atoms with E-state index in [0.29, 0.717) is 18.4 Å². The summed E-state index contributed by atoms with van der Waals surface area (Å²) in [5.74, 6) is -4.08. The Morgan fingerprint density at radius 3 is 2.40 bits per heavy atom. The van der Waals surface area contributed by atoms with Crippen molar-refractivity contribution in [2.45, 2.75) is 86.4 Å². The van der Waals surface area contributed by atoms with E-state index >= 15 is 0 Å². The molecule has 8 rings (SSSR count). The highest BCUT2D eigenvalue weighted by molar-refractivity contribution is 5.87. The number of fused-ring (bicyclic) bond motifs is 3. The summed E-state index contributed by atoms with van der Waals surface area (Å²) in [6.45, 7) is 9.70. The van der Waals surface area contributed by atoms with E-state index in [1.54, 1.807) is 6.08 Å². The van der Waals surface area contributed by atoms with Gasteiger partial charge in [0.25, 0.3) is 0 Å². The second-order valence-electron chi connectivity index (χ2n) is 14.1. The quantitative estimate of drug-likeness (QED) is 0.194. The summed E-state index contributed by atoms with van der Waals surface area (Å²) in [5, 5.41) is 36.0. The molecule has 3 aliphatic carbocycles. The molecule has 6 fully saturated rings. The number of carbonyl (C=O) groups excluding carboxylic acids is 1. The Morgan fingerprint density at radius 2 is 1.73 bits per heavy atom. The number of rotatable bonds is 6. The van der Waals surface area contributed by atoms with E-state index in [-0.39, 0.29) is 11.8 Å². The third kappa shape index (κ3) is 3.60. The number of hydrogen-bond donors (Lipinski definition) is 3. The number of epoxide rings is 1. The fourth-order valence-electron chi connectivity index (χ4n) is 9.84. The maximum Gasteiger partial charge on any atom is 0.331 e. The van der Waals surface area contributed by atoms with Crippen molar-refractivity contribution in [2.24, 2.45) is 23.7 Å². The van der Waals surface area contributed by atoms with Gasteiger partial charge in [0, 0.05) is 23.5 Å². The van der Waals surface area contributed by atoms with Crippen LogP contribution in [0.5, 0.6) is 0 Å². The number of aliphatic hydroxyl groups is 3. The van der Waals surface area contributed by atoms with Crippen LogP contribution in [0.4, 0.5) is 0 Å². The maximum atomic E-state index is 13.3. The Balaban J connectivity index is 1.27. The zero-order chi connectivity index (χ0) is 31.6. The topological polar surface area (TPSA) is 127 Å². The molecular weight excluding hydrogens is 576 g/mol. The number of esters is 1. The predicted octanol–water partition coefficient (Wildman–Crippen LogP) is 3.47. The molecule has 3 heterocycles. The van der Waals surface area contributed by atoms with Crippen LogP contribution >= 0.6 is 0 Å². The highest BCUT2D eigenvalue weighted by Crippen LogP contribution is 2.75. The summed E-state index contributed by atoms with van der Waals surface area (Å²) in [6, 6.07) is 18.8. The van der Waals surface area contributed by atoms with Gasteiger partial charge in [0.15, 0.2) is 0 Å². The molecule has 9 heteroatoms. The van der Waals surface area contributed by atoms with Crippen molar-refractivity contribution in [3.8, 4) is 0 Å². The fourth-order valence-corrected chi connectivity index (χ4v) is 9.84. The predicted molar refractivity (Wildman–Crippen MR) is 161 cm³/mol. The summed E-state index contributed by atoms with van der Waals surface area (Å²) >= 11 is 0. The number of benzene rings is 2. The van der Waals surface area contributed by atoms with E-state index in [4.69, 9.17) is 23.7 Å². The molecule has 3 N–H and O–H groups in total. The van der Waals surface area contributed by atoms with E-state index < -0.39 is 77.2 Å². The SMILES string of the molecule is C=C(C)C12CC(C)C34OC(c5ccccc5)(OC1C3C1OC1(CO)C(O)C1(O)C(OC(=O)C=Cc3ccccc3)C(C)CC14)O2. The van der Waals surface area contributed by atoms with Gasteiger partial charge in [-0.05, 0) is 48.8 Å². The van der Waals surface area contributed by atoms with Crippen LogP contribution in [0.2, 0.25) is 0 Å². The average Bonchev–Trinajstić information content (AvgIpc) is 3.67. The Labute approximate surface area is 262 Å². The van der Waals surface area contributed by atoms with Crippen LogP contribution in [0.1, 0.15) is 44.7 Å². The highest BCUT2D eigenvalue weighted by atomic mass is 16.9. The van der Waals surface area contributed by atoms with Gasteiger partial charge in [-0.1, -0.05) is 81.1 Å². The standard InChI is InChI=1S/C36H40O9/c1-20(2)32-18-22(4)35-25-17-21(3)28(41-26(38)16-15-23-11-7-5-8-12-23)34(25,40)31(39)33(19-37)30(42-33)27(35)29(32)43-36(44-32,45-35)24-13-9-6-10-14-24/h5-16,21-22,25,27-31,37,39-40H,1,17-19H2,2-4H3. The van der Waals surface area contributed by atoms with Crippen LogP contribution in [0.15, 0.2) is 78.9 Å². The molecule has 0 spiro atoms. The monoisotopic (exact) mass is 616 g/mol. The van der Waals surface area contributed by atoms with Crippen molar-refractivity contribution in [2.75, 3.05) is 6.61 Å². The molecule has 6 aliphatic rings. The van der Waals surface area contributed by atoms with Crippen molar-refractivity contribution >= 4 is 12.0 Å². The van der Waals surface area contributed by atoms with E-state index in [2.05, 4.69) is 13.5 Å². The molecule has 0 amide bonds. The molecule has 2 aromatic rings. The van der Waals surface area contributed by atoms with Crippen LogP contribution in [0, 0.1) is 23.7 Å². The molecule has 238 valence electrons. The largest absolute Gasteiger partial charge is 0.456 e. The summed E-state index contributed by atoms with van der Waals surface area (Å²) in [4.78, 5) is 13.3. The molecule has 0 aromatic heterocycles. The fraction of sp³-hybridized carbons (Fsp3) is 0.528. The Kier molecular flexibility index (Phi) is 6.28. The van der Waals surface area contributed by atoms with Crippen molar-refractivity contribution in [1.82, 2.24) is 0 Å². The number of hydrogen-bond acceptors (Lipinski definition) is 9. The van der Waals surface area contributed by atoms with Crippen LogP contribution < -0.4 is 0 Å². The first-order chi connectivity index (χ1) is 21.5. The summed E-state index contributed by atoms with van der Waals surface area (Å²) in [5.41, 5.74) is -3.32. The minimum atomic E-state index is -2.02. The molecule has 3 bridgehead atoms. The van der Waals surface area contributed by atoms with E-state index in [1.165, 1.54) is 6.08 Å². The molecular formula is C36H40O9. The lowest BCUT2D eigenvalue weighted by Gasteiger charge is -2.60. The van der Waals surface area contributed by atoms with Crippen molar-refractivity contribution < 1.29 is 43.8 Å². The third-order valence-electron chi connectivity index (χ3n) is 11.8. The van der Waals surface area contributed by atoms with Crippen molar-refractivity contribution in [1.29, 1.82) is 0 Å². The lowest BCUT2D eigenvalue weighted by molar-refractivity contribution is -0.443. The molecule has 9 nitrogen and oxygen atoms in total. The molecule has 3 saturated heterocycles. The number of aliphatic hydroxyl groups excluding tert-OH is 2. The lowest BCUT2D eigenvalue weighted by atomic mass is 9.54. The van der Waals surface area contributed by atoms with Gasteiger partial charge in [0.2, 0.25) is 0 Å². The minimum absolute atomic E-state index is 0.230. The number of ether oxygens (including phenoxy) is 5. The maximum absolute atomic E-state index is 13.3. The smallest absolute Gasteiger partial charge is 0.331 e. The van der Waals surface area contributed by atoms with Gasteiger partial charge in [-0.3, -0.25) is 0 Å². The van der Waals surface area contributed by atoms with Gasteiger partial charge in [-0.25, -0.2) is 4.79 Å². The average molecular weight is 617 g/mol. The van der Waals surface area contributed by atoms with Crippen LogP contribution in [-0.2, 0) is 34.5 Å². The second kappa shape index (κ2) is 9.58. The first-order valence-electron chi connectivity index (χ1n) is 15.9. The first kappa shape index (κ1) is 29.5. The molecule has 0 radical (unpaired) electrons. The van der Waals surface area contributed by atoms with Crippen LogP contribution in [0.3, 0.4) is 0 Å². The zero-order valence-electron chi connectivity index (χ0n) is 25.7. The first-order valence-corrected chi connectivity index (χ1v) is 15.9.